The molecule has 6 heteroatoms. The molecule has 0 heterocycles. The average Bonchev–Trinajstić information content (AvgIpc) is 2.64. The van der Waals surface area contributed by atoms with Crippen LogP contribution >= 0.6 is 0 Å². The van der Waals surface area contributed by atoms with E-state index in [1.54, 1.807) is 18.2 Å². The summed E-state index contributed by atoms with van der Waals surface area (Å²) < 4.78 is 26.5. The molecule has 2 rings (SSSR count). The van der Waals surface area contributed by atoms with E-state index in [1.807, 2.05) is 50.2 Å². The molecule has 0 saturated heterocycles. The molecule has 5 nitrogen and oxygen atoms in total. The Labute approximate surface area is 175 Å². The van der Waals surface area contributed by atoms with Crippen molar-refractivity contribution in [3.05, 3.63) is 65.7 Å². The first-order valence-corrected chi connectivity index (χ1v) is 11.9. The lowest BCUT2D eigenvalue weighted by molar-refractivity contribution is -0.123. The number of carbonyl (C=O) groups is 1. The minimum Gasteiger partial charge on any atom is -0.347 e. The molecule has 0 spiro atoms. The number of hydrogen-bond acceptors (Lipinski definition) is 3. The van der Waals surface area contributed by atoms with E-state index in [4.69, 9.17) is 0 Å². The second kappa shape index (κ2) is 9.92. The summed E-state index contributed by atoms with van der Waals surface area (Å²) in [6, 6.07) is 16.1. The molecule has 2 aromatic rings. The van der Waals surface area contributed by atoms with Gasteiger partial charge in [0.25, 0.3) is 0 Å². The standard InChI is InChI=1S/C23H32N2O3S/c1-6-22(25(29(5,27)28)20-14-10-11-18(4)16-20)23(26)24-21(15-17(2)3)19-12-8-7-9-13-19/h7-14,16-17,21-22H,6,15H2,1-5H3,(H,24,26)/t21-,22-/m0/s1. The zero-order valence-electron chi connectivity index (χ0n) is 17.9. The van der Waals surface area contributed by atoms with E-state index in [1.165, 1.54) is 4.31 Å². The van der Waals surface area contributed by atoms with Crippen LogP contribution in [-0.4, -0.2) is 26.6 Å². The summed E-state index contributed by atoms with van der Waals surface area (Å²) in [4.78, 5) is 13.3. The second-order valence-electron chi connectivity index (χ2n) is 7.92. The first kappa shape index (κ1) is 22.9. The number of nitrogens with zero attached hydrogens (tertiary/aromatic N) is 1. The molecule has 0 bridgehead atoms. The van der Waals surface area contributed by atoms with Crippen molar-refractivity contribution in [1.29, 1.82) is 0 Å². The summed E-state index contributed by atoms with van der Waals surface area (Å²) in [6.07, 6.45) is 2.29. The summed E-state index contributed by atoms with van der Waals surface area (Å²) in [5.41, 5.74) is 2.47. The Hall–Kier alpha value is -2.34. The molecule has 158 valence electrons. The summed E-state index contributed by atoms with van der Waals surface area (Å²) >= 11 is 0. The fourth-order valence-electron chi connectivity index (χ4n) is 3.53. The maximum absolute atomic E-state index is 13.3. The van der Waals surface area contributed by atoms with Gasteiger partial charge in [0, 0.05) is 0 Å². The molecule has 0 radical (unpaired) electrons. The van der Waals surface area contributed by atoms with Crippen LogP contribution in [0.4, 0.5) is 5.69 Å². The van der Waals surface area contributed by atoms with Crippen LogP contribution in [0.15, 0.2) is 54.6 Å². The summed E-state index contributed by atoms with van der Waals surface area (Å²) in [5, 5.41) is 3.11. The van der Waals surface area contributed by atoms with E-state index in [0.29, 0.717) is 18.0 Å². The molecule has 0 fully saturated rings. The van der Waals surface area contributed by atoms with Gasteiger partial charge in [-0.05, 0) is 48.9 Å². The number of anilines is 1. The van der Waals surface area contributed by atoms with E-state index in [9.17, 15) is 13.2 Å². The van der Waals surface area contributed by atoms with Gasteiger partial charge < -0.3 is 5.32 Å². The fraction of sp³-hybridized carbons (Fsp3) is 0.435. The summed E-state index contributed by atoms with van der Waals surface area (Å²) in [5.74, 6) is 0.0947. The first-order chi connectivity index (χ1) is 13.6. The topological polar surface area (TPSA) is 66.5 Å². The van der Waals surface area contributed by atoms with Crippen molar-refractivity contribution in [2.24, 2.45) is 5.92 Å². The Kier molecular flexibility index (Phi) is 7.85. The summed E-state index contributed by atoms with van der Waals surface area (Å²) in [6.45, 7) is 7.95. The number of benzene rings is 2. The second-order valence-corrected chi connectivity index (χ2v) is 9.78. The fourth-order valence-corrected chi connectivity index (χ4v) is 4.73. The van der Waals surface area contributed by atoms with E-state index in [0.717, 1.165) is 23.8 Å². The van der Waals surface area contributed by atoms with Gasteiger partial charge in [0.1, 0.15) is 6.04 Å². The molecule has 0 aliphatic rings. The van der Waals surface area contributed by atoms with Crippen LogP contribution in [0.3, 0.4) is 0 Å². The zero-order chi connectivity index (χ0) is 21.6. The highest BCUT2D eigenvalue weighted by molar-refractivity contribution is 7.92. The number of rotatable bonds is 9. The molecule has 1 N–H and O–H groups in total. The van der Waals surface area contributed by atoms with Gasteiger partial charge in [-0.25, -0.2) is 8.42 Å². The first-order valence-electron chi connectivity index (χ1n) is 10.0. The Morgan fingerprint density at radius 1 is 1.07 bits per heavy atom. The number of nitrogens with one attached hydrogen (secondary N) is 1. The number of hydrogen-bond donors (Lipinski definition) is 1. The molecule has 0 aromatic heterocycles. The van der Waals surface area contributed by atoms with E-state index in [-0.39, 0.29) is 11.9 Å². The van der Waals surface area contributed by atoms with Crippen molar-refractivity contribution < 1.29 is 13.2 Å². The average molecular weight is 417 g/mol. The normalized spacial score (nSPS) is 13.7. The minimum absolute atomic E-state index is 0.170. The van der Waals surface area contributed by atoms with Gasteiger partial charge in [-0.15, -0.1) is 0 Å². The Bertz CT molecular complexity index is 911. The molecule has 0 saturated carbocycles. The molecule has 1 amide bonds. The van der Waals surface area contributed by atoms with Crippen molar-refractivity contribution in [2.75, 3.05) is 10.6 Å². The van der Waals surface area contributed by atoms with Crippen molar-refractivity contribution >= 4 is 21.6 Å². The highest BCUT2D eigenvalue weighted by Gasteiger charge is 2.32. The molecule has 0 aliphatic heterocycles. The van der Waals surface area contributed by atoms with Gasteiger partial charge in [-0.3, -0.25) is 9.10 Å². The Morgan fingerprint density at radius 3 is 2.24 bits per heavy atom. The molecule has 2 atom stereocenters. The monoisotopic (exact) mass is 416 g/mol. The number of sulfonamides is 1. The molecule has 2 aromatic carbocycles. The van der Waals surface area contributed by atoms with Gasteiger partial charge in [0.15, 0.2) is 0 Å². The van der Waals surface area contributed by atoms with Gasteiger partial charge >= 0.3 is 0 Å². The highest BCUT2D eigenvalue weighted by atomic mass is 32.2. The van der Waals surface area contributed by atoms with Crippen LogP contribution in [0.5, 0.6) is 0 Å². The lowest BCUT2D eigenvalue weighted by Crippen LogP contribution is -2.50. The third-order valence-corrected chi connectivity index (χ3v) is 5.99. The number of carbonyl (C=O) groups excluding carboxylic acids is 1. The van der Waals surface area contributed by atoms with E-state index >= 15 is 0 Å². The lowest BCUT2D eigenvalue weighted by atomic mass is 9.96. The van der Waals surface area contributed by atoms with Crippen LogP contribution in [0.1, 0.15) is 50.8 Å². The predicted molar refractivity (Wildman–Crippen MR) is 119 cm³/mol. The molecule has 0 unspecified atom stereocenters. The maximum Gasteiger partial charge on any atom is 0.244 e. The third kappa shape index (κ3) is 6.32. The van der Waals surface area contributed by atoms with Gasteiger partial charge in [0.05, 0.1) is 18.0 Å². The van der Waals surface area contributed by atoms with Gasteiger partial charge in [-0.1, -0.05) is 63.2 Å². The van der Waals surface area contributed by atoms with Gasteiger partial charge in [-0.2, -0.15) is 0 Å². The SMILES string of the molecule is CC[C@@H](C(=O)N[C@@H](CC(C)C)c1ccccc1)N(c1cccc(C)c1)S(C)(=O)=O. The number of aryl methyl sites for hydroxylation is 1. The van der Waals surface area contributed by atoms with Crippen molar-refractivity contribution in [2.45, 2.75) is 52.6 Å². The summed E-state index contributed by atoms with van der Waals surface area (Å²) in [7, 11) is -3.64. The van der Waals surface area contributed by atoms with Crippen molar-refractivity contribution in [3.8, 4) is 0 Å². The van der Waals surface area contributed by atoms with Crippen molar-refractivity contribution in [3.63, 3.8) is 0 Å². The minimum atomic E-state index is -3.64. The third-order valence-electron chi connectivity index (χ3n) is 4.81. The predicted octanol–water partition coefficient (Wildman–Crippen LogP) is 4.44. The Morgan fingerprint density at radius 2 is 1.72 bits per heavy atom. The van der Waals surface area contributed by atoms with Crippen LogP contribution in [0, 0.1) is 12.8 Å². The van der Waals surface area contributed by atoms with Crippen LogP contribution in [0.2, 0.25) is 0 Å². The Balaban J connectivity index is 2.37. The smallest absolute Gasteiger partial charge is 0.244 e. The molecule has 29 heavy (non-hydrogen) atoms. The molecule has 0 aliphatic carbocycles. The lowest BCUT2D eigenvalue weighted by Gasteiger charge is -2.32. The number of amides is 1. The van der Waals surface area contributed by atoms with Gasteiger partial charge in [0.2, 0.25) is 15.9 Å². The molecular formula is C23H32N2O3S. The maximum atomic E-state index is 13.3. The van der Waals surface area contributed by atoms with E-state index < -0.39 is 16.1 Å². The largest absolute Gasteiger partial charge is 0.347 e. The van der Waals surface area contributed by atoms with Crippen LogP contribution < -0.4 is 9.62 Å². The zero-order valence-corrected chi connectivity index (χ0v) is 18.7. The van der Waals surface area contributed by atoms with Crippen LogP contribution in [-0.2, 0) is 14.8 Å². The van der Waals surface area contributed by atoms with Crippen LogP contribution in [0.25, 0.3) is 0 Å². The quantitative estimate of drug-likeness (QED) is 0.657. The van der Waals surface area contributed by atoms with E-state index in [2.05, 4.69) is 19.2 Å². The molecular weight excluding hydrogens is 384 g/mol. The highest BCUT2D eigenvalue weighted by Crippen LogP contribution is 2.26. The van der Waals surface area contributed by atoms with Crippen molar-refractivity contribution in [1.82, 2.24) is 5.32 Å².